The number of benzene rings is 1. The lowest BCUT2D eigenvalue weighted by molar-refractivity contribution is 0.0579. The average molecular weight is 276 g/mol. The number of nitrogens with zero attached hydrogens (tertiary/aromatic N) is 4. The van der Waals surface area contributed by atoms with Crippen molar-refractivity contribution in [2.45, 2.75) is 13.5 Å². The minimum atomic E-state index is -2.75. The van der Waals surface area contributed by atoms with Crippen molar-refractivity contribution in [1.82, 2.24) is 19.9 Å². The molecule has 0 amide bonds. The summed E-state index contributed by atoms with van der Waals surface area (Å²) < 4.78 is 31.0. The molecule has 0 aliphatic rings. The Morgan fingerprint density at radius 3 is 2.60 bits per heavy atom. The molecule has 0 saturated heterocycles. The van der Waals surface area contributed by atoms with Gasteiger partial charge in [-0.3, -0.25) is 0 Å². The molecule has 0 fully saturated rings. The molecule has 0 spiro atoms. The van der Waals surface area contributed by atoms with Crippen molar-refractivity contribution >= 4 is 0 Å². The van der Waals surface area contributed by atoms with Gasteiger partial charge in [-0.25, -0.2) is 0 Å². The van der Waals surface area contributed by atoms with Crippen molar-refractivity contribution in [3.63, 3.8) is 0 Å². The molecule has 3 rings (SSSR count). The third-order valence-electron chi connectivity index (χ3n) is 2.81. The molecule has 3 aromatic rings. The molecular formula is C13H10F2N4O. The quantitative estimate of drug-likeness (QED) is 0.736. The van der Waals surface area contributed by atoms with Gasteiger partial charge in [-0.1, -0.05) is 35.0 Å². The van der Waals surface area contributed by atoms with Crippen LogP contribution in [0.15, 0.2) is 41.1 Å². The summed E-state index contributed by atoms with van der Waals surface area (Å²) >= 11 is 0. The monoisotopic (exact) mass is 276 g/mol. The molecule has 0 aliphatic heterocycles. The Morgan fingerprint density at radius 1 is 1.15 bits per heavy atom. The molecule has 2 heterocycles. The van der Waals surface area contributed by atoms with Crippen molar-refractivity contribution in [3.05, 3.63) is 42.1 Å². The molecule has 20 heavy (non-hydrogen) atoms. The van der Waals surface area contributed by atoms with E-state index in [1.165, 1.54) is 12.3 Å². The highest BCUT2D eigenvalue weighted by atomic mass is 19.3. The second-order valence-electron chi connectivity index (χ2n) is 4.23. The van der Waals surface area contributed by atoms with Crippen LogP contribution in [0.2, 0.25) is 0 Å². The Balaban J connectivity index is 1.98. The molecule has 102 valence electrons. The Morgan fingerprint density at radius 2 is 1.90 bits per heavy atom. The van der Waals surface area contributed by atoms with Crippen LogP contribution in [0.25, 0.3) is 23.0 Å². The number of aryl methyl sites for hydroxylation is 1. The molecule has 0 radical (unpaired) electrons. The summed E-state index contributed by atoms with van der Waals surface area (Å²) in [7, 11) is 0. The first-order valence-corrected chi connectivity index (χ1v) is 5.88. The van der Waals surface area contributed by atoms with E-state index in [2.05, 4.69) is 15.2 Å². The van der Waals surface area contributed by atoms with Crippen LogP contribution in [-0.4, -0.2) is 19.9 Å². The molecule has 0 bridgehead atoms. The molecule has 0 aliphatic carbocycles. The van der Waals surface area contributed by atoms with Crippen LogP contribution >= 0.6 is 0 Å². The van der Waals surface area contributed by atoms with Gasteiger partial charge < -0.3 is 4.52 Å². The molecular weight excluding hydrogens is 266 g/mol. The highest BCUT2D eigenvalue weighted by Crippen LogP contribution is 2.24. The zero-order valence-electron chi connectivity index (χ0n) is 10.5. The summed E-state index contributed by atoms with van der Waals surface area (Å²) in [4.78, 5) is 4.12. The van der Waals surface area contributed by atoms with Crippen molar-refractivity contribution in [3.8, 4) is 23.0 Å². The summed E-state index contributed by atoms with van der Waals surface area (Å²) in [5.41, 5.74) is 1.95. The number of rotatable bonds is 3. The van der Waals surface area contributed by atoms with E-state index in [-0.39, 0.29) is 11.6 Å². The van der Waals surface area contributed by atoms with Crippen LogP contribution in [0.1, 0.15) is 12.1 Å². The minimum absolute atomic E-state index is 0.0124. The maximum absolute atomic E-state index is 12.7. The lowest BCUT2D eigenvalue weighted by atomic mass is 10.1. The van der Waals surface area contributed by atoms with Gasteiger partial charge in [-0.15, -0.1) is 0 Å². The average Bonchev–Trinajstić information content (AvgIpc) is 3.08. The fourth-order valence-electron chi connectivity index (χ4n) is 1.79. The first-order chi connectivity index (χ1) is 9.65. The highest BCUT2D eigenvalue weighted by Gasteiger charge is 2.18. The molecule has 0 atom stereocenters. The summed E-state index contributed by atoms with van der Waals surface area (Å²) in [6.07, 6.45) is 1.26. The van der Waals surface area contributed by atoms with Gasteiger partial charge >= 0.3 is 6.55 Å². The number of hydrogen-bond donors (Lipinski definition) is 0. The number of alkyl halides is 2. The van der Waals surface area contributed by atoms with Crippen LogP contribution in [-0.2, 0) is 0 Å². The second-order valence-corrected chi connectivity index (χ2v) is 4.23. The Labute approximate surface area is 112 Å². The Kier molecular flexibility index (Phi) is 3.02. The first kappa shape index (κ1) is 12.5. The van der Waals surface area contributed by atoms with Gasteiger partial charge in [0.15, 0.2) is 0 Å². The molecule has 0 unspecified atom stereocenters. The normalized spacial score (nSPS) is 11.2. The van der Waals surface area contributed by atoms with Gasteiger partial charge in [0.2, 0.25) is 5.82 Å². The number of halogens is 2. The van der Waals surface area contributed by atoms with Gasteiger partial charge in [0.1, 0.15) is 5.69 Å². The van der Waals surface area contributed by atoms with E-state index < -0.39 is 6.55 Å². The molecule has 0 N–H and O–H groups in total. The van der Waals surface area contributed by atoms with E-state index in [4.69, 9.17) is 4.52 Å². The summed E-state index contributed by atoms with van der Waals surface area (Å²) in [6.45, 7) is -0.790. The fourth-order valence-corrected chi connectivity index (χ4v) is 1.79. The van der Waals surface area contributed by atoms with Crippen LogP contribution in [0, 0.1) is 6.92 Å². The smallest absolute Gasteiger partial charge is 0.332 e. The first-order valence-electron chi connectivity index (χ1n) is 5.88. The second kappa shape index (κ2) is 4.84. The predicted molar refractivity (Wildman–Crippen MR) is 66.9 cm³/mol. The fraction of sp³-hybridized carbons (Fsp3) is 0.154. The summed E-state index contributed by atoms with van der Waals surface area (Å²) in [6, 6.07) is 8.91. The number of aromatic nitrogens is 4. The SMILES string of the molecule is Cc1ccc(-c2noc(-c3ccnn3C(F)F)n2)cc1. The third kappa shape index (κ3) is 2.18. The number of hydrogen-bond acceptors (Lipinski definition) is 4. The Hall–Kier alpha value is -2.57. The molecule has 1 aromatic carbocycles. The highest BCUT2D eigenvalue weighted by molar-refractivity contribution is 5.58. The third-order valence-corrected chi connectivity index (χ3v) is 2.81. The van der Waals surface area contributed by atoms with E-state index in [1.807, 2.05) is 31.2 Å². The molecule has 7 heteroatoms. The minimum Gasteiger partial charge on any atom is -0.332 e. The molecule has 0 saturated carbocycles. The van der Waals surface area contributed by atoms with Crippen molar-refractivity contribution in [1.29, 1.82) is 0 Å². The standard InChI is InChI=1S/C13H10F2N4O/c1-8-2-4-9(5-3-8)11-17-12(20-18-11)10-6-7-16-19(10)13(14)15/h2-7,13H,1H3. The predicted octanol–water partition coefficient (Wildman–Crippen LogP) is 3.30. The van der Waals surface area contributed by atoms with E-state index in [0.717, 1.165) is 11.1 Å². The van der Waals surface area contributed by atoms with Gasteiger partial charge in [-0.2, -0.15) is 23.5 Å². The zero-order chi connectivity index (χ0) is 14.1. The molecule has 5 nitrogen and oxygen atoms in total. The van der Waals surface area contributed by atoms with E-state index in [1.54, 1.807) is 0 Å². The largest absolute Gasteiger partial charge is 0.333 e. The Bertz CT molecular complexity index is 718. The summed E-state index contributed by atoms with van der Waals surface area (Å²) in [5.74, 6) is 0.361. The maximum Gasteiger partial charge on any atom is 0.333 e. The van der Waals surface area contributed by atoms with Crippen LogP contribution < -0.4 is 0 Å². The van der Waals surface area contributed by atoms with Crippen LogP contribution in [0.3, 0.4) is 0 Å². The van der Waals surface area contributed by atoms with Crippen LogP contribution in [0.5, 0.6) is 0 Å². The van der Waals surface area contributed by atoms with E-state index in [0.29, 0.717) is 10.5 Å². The summed E-state index contributed by atoms with van der Waals surface area (Å²) in [5, 5.41) is 7.32. The van der Waals surface area contributed by atoms with Gasteiger partial charge in [-0.05, 0) is 13.0 Å². The van der Waals surface area contributed by atoms with Crippen molar-refractivity contribution < 1.29 is 13.3 Å². The molecule has 2 aromatic heterocycles. The maximum atomic E-state index is 12.7. The zero-order valence-corrected chi connectivity index (χ0v) is 10.5. The lowest BCUT2D eigenvalue weighted by Gasteiger charge is -2.00. The van der Waals surface area contributed by atoms with Gasteiger partial charge in [0, 0.05) is 11.8 Å². The van der Waals surface area contributed by atoms with Gasteiger partial charge in [0.05, 0.1) is 0 Å². The topological polar surface area (TPSA) is 56.7 Å². The van der Waals surface area contributed by atoms with E-state index >= 15 is 0 Å². The van der Waals surface area contributed by atoms with Gasteiger partial charge in [0.25, 0.3) is 5.89 Å². The van der Waals surface area contributed by atoms with E-state index in [9.17, 15) is 8.78 Å². The van der Waals surface area contributed by atoms with Crippen molar-refractivity contribution in [2.75, 3.05) is 0 Å². The van der Waals surface area contributed by atoms with Crippen molar-refractivity contribution in [2.24, 2.45) is 0 Å². The lowest BCUT2D eigenvalue weighted by Crippen LogP contribution is -2.02. The van der Waals surface area contributed by atoms with Crippen LogP contribution in [0.4, 0.5) is 8.78 Å².